The third-order valence-corrected chi connectivity index (χ3v) is 4.23. The zero-order valence-electron chi connectivity index (χ0n) is 13.3. The van der Waals surface area contributed by atoms with Crippen molar-refractivity contribution >= 4 is 17.7 Å². The zero-order valence-corrected chi connectivity index (χ0v) is 14.1. The fourth-order valence-electron chi connectivity index (χ4n) is 2.18. The third kappa shape index (κ3) is 4.90. The number of carbonyl (C=O) groups is 1. The molecule has 7 heteroatoms. The summed E-state index contributed by atoms with van der Waals surface area (Å²) in [6, 6.07) is 16.1. The van der Waals surface area contributed by atoms with E-state index in [2.05, 4.69) is 15.5 Å². The molecule has 0 aliphatic carbocycles. The van der Waals surface area contributed by atoms with Crippen LogP contribution < -0.4 is 5.32 Å². The normalized spacial score (nSPS) is 10.6. The predicted octanol–water partition coefficient (Wildman–Crippen LogP) is 3.33. The van der Waals surface area contributed by atoms with E-state index in [-0.39, 0.29) is 28.3 Å². The van der Waals surface area contributed by atoms with Crippen molar-refractivity contribution in [2.75, 3.05) is 12.3 Å². The van der Waals surface area contributed by atoms with Crippen molar-refractivity contribution in [2.24, 2.45) is 0 Å². The SMILES string of the molecule is O=C(CSc1nnc(-c2ccccc2F)o1)NCCc1ccccc1. The number of benzene rings is 2. The number of nitrogens with zero attached hydrogens (tertiary/aromatic N) is 2. The van der Waals surface area contributed by atoms with E-state index >= 15 is 0 Å². The van der Waals surface area contributed by atoms with Crippen molar-refractivity contribution in [3.63, 3.8) is 0 Å². The maximum absolute atomic E-state index is 13.7. The van der Waals surface area contributed by atoms with Gasteiger partial charge in [-0.2, -0.15) is 0 Å². The maximum Gasteiger partial charge on any atom is 0.277 e. The van der Waals surface area contributed by atoms with Gasteiger partial charge in [0.05, 0.1) is 11.3 Å². The van der Waals surface area contributed by atoms with Crippen molar-refractivity contribution in [3.05, 3.63) is 66.0 Å². The van der Waals surface area contributed by atoms with E-state index in [1.165, 1.54) is 11.6 Å². The summed E-state index contributed by atoms with van der Waals surface area (Å²) >= 11 is 1.12. The summed E-state index contributed by atoms with van der Waals surface area (Å²) < 4.78 is 19.1. The van der Waals surface area contributed by atoms with E-state index in [0.29, 0.717) is 6.54 Å². The first-order valence-electron chi connectivity index (χ1n) is 7.74. The van der Waals surface area contributed by atoms with Gasteiger partial charge in [-0.05, 0) is 24.1 Å². The van der Waals surface area contributed by atoms with Crippen molar-refractivity contribution in [3.8, 4) is 11.5 Å². The Morgan fingerprint density at radius 2 is 1.84 bits per heavy atom. The molecule has 0 saturated carbocycles. The molecular formula is C18H16FN3O2S. The van der Waals surface area contributed by atoms with Crippen LogP contribution in [0.25, 0.3) is 11.5 Å². The molecule has 1 aromatic heterocycles. The van der Waals surface area contributed by atoms with Crippen molar-refractivity contribution in [2.45, 2.75) is 11.6 Å². The fourth-order valence-corrected chi connectivity index (χ4v) is 2.77. The third-order valence-electron chi connectivity index (χ3n) is 3.42. The molecule has 0 saturated heterocycles. The summed E-state index contributed by atoms with van der Waals surface area (Å²) in [5, 5.41) is 10.7. The summed E-state index contributed by atoms with van der Waals surface area (Å²) in [7, 11) is 0. The topological polar surface area (TPSA) is 68.0 Å². The van der Waals surface area contributed by atoms with Gasteiger partial charge in [0.2, 0.25) is 5.91 Å². The Kier molecular flexibility index (Phi) is 5.79. The molecule has 0 aliphatic heterocycles. The van der Waals surface area contributed by atoms with Gasteiger partial charge >= 0.3 is 0 Å². The summed E-state index contributed by atoms with van der Waals surface area (Å²) in [6.45, 7) is 0.563. The number of aromatic nitrogens is 2. The summed E-state index contributed by atoms with van der Waals surface area (Å²) in [4.78, 5) is 11.9. The lowest BCUT2D eigenvalue weighted by atomic mass is 10.1. The quantitative estimate of drug-likeness (QED) is 0.657. The van der Waals surface area contributed by atoms with Gasteiger partial charge in [0, 0.05) is 6.54 Å². The molecule has 1 N–H and O–H groups in total. The lowest BCUT2D eigenvalue weighted by molar-refractivity contribution is -0.118. The first-order chi connectivity index (χ1) is 12.2. The minimum atomic E-state index is -0.429. The number of thioether (sulfide) groups is 1. The van der Waals surface area contributed by atoms with Crippen LogP contribution in [0.1, 0.15) is 5.56 Å². The monoisotopic (exact) mass is 357 g/mol. The highest BCUT2D eigenvalue weighted by Gasteiger charge is 2.13. The molecule has 0 aliphatic rings. The molecule has 2 aromatic carbocycles. The van der Waals surface area contributed by atoms with Gasteiger partial charge in [0.15, 0.2) is 0 Å². The van der Waals surface area contributed by atoms with Crippen LogP contribution in [0, 0.1) is 5.82 Å². The van der Waals surface area contributed by atoms with Gasteiger partial charge in [0.1, 0.15) is 5.82 Å². The summed E-state index contributed by atoms with van der Waals surface area (Å²) in [5.74, 6) is -0.286. The smallest absolute Gasteiger partial charge is 0.277 e. The van der Waals surface area contributed by atoms with Crippen LogP contribution in [-0.2, 0) is 11.2 Å². The molecule has 0 radical (unpaired) electrons. The molecule has 5 nitrogen and oxygen atoms in total. The predicted molar refractivity (Wildman–Crippen MR) is 93.6 cm³/mol. The average molecular weight is 357 g/mol. The van der Waals surface area contributed by atoms with Gasteiger partial charge in [-0.15, -0.1) is 10.2 Å². The lowest BCUT2D eigenvalue weighted by Gasteiger charge is -2.04. The van der Waals surface area contributed by atoms with E-state index in [1.54, 1.807) is 18.2 Å². The van der Waals surface area contributed by atoms with Crippen LogP contribution in [-0.4, -0.2) is 28.4 Å². The van der Waals surface area contributed by atoms with Gasteiger partial charge in [-0.3, -0.25) is 4.79 Å². The second kappa shape index (κ2) is 8.43. The minimum absolute atomic E-state index is 0.102. The Labute approximate surface area is 148 Å². The largest absolute Gasteiger partial charge is 0.411 e. The maximum atomic E-state index is 13.7. The Hall–Kier alpha value is -2.67. The van der Waals surface area contributed by atoms with E-state index in [0.717, 1.165) is 18.2 Å². The molecule has 0 bridgehead atoms. The van der Waals surface area contributed by atoms with Crippen LogP contribution in [0.2, 0.25) is 0 Å². The molecule has 0 atom stereocenters. The van der Waals surface area contributed by atoms with Gasteiger partial charge in [0.25, 0.3) is 11.1 Å². The molecule has 3 aromatic rings. The summed E-state index contributed by atoms with van der Waals surface area (Å²) in [6.07, 6.45) is 0.773. The molecule has 1 amide bonds. The molecule has 0 fully saturated rings. The highest BCUT2D eigenvalue weighted by molar-refractivity contribution is 7.99. The molecule has 128 valence electrons. The Morgan fingerprint density at radius 3 is 2.64 bits per heavy atom. The van der Waals surface area contributed by atoms with Crippen molar-refractivity contribution < 1.29 is 13.6 Å². The van der Waals surface area contributed by atoms with Crippen LogP contribution in [0.4, 0.5) is 4.39 Å². The van der Waals surface area contributed by atoms with Crippen molar-refractivity contribution in [1.29, 1.82) is 0 Å². The first-order valence-corrected chi connectivity index (χ1v) is 8.73. The molecule has 1 heterocycles. The highest BCUT2D eigenvalue weighted by Crippen LogP contribution is 2.24. The molecule has 3 rings (SSSR count). The minimum Gasteiger partial charge on any atom is -0.411 e. The van der Waals surface area contributed by atoms with E-state index in [4.69, 9.17) is 4.42 Å². The first kappa shape index (κ1) is 17.2. The Morgan fingerprint density at radius 1 is 1.08 bits per heavy atom. The second-order valence-electron chi connectivity index (χ2n) is 5.23. The standard InChI is InChI=1S/C18H16FN3O2S/c19-15-9-5-4-8-14(15)17-21-22-18(24-17)25-12-16(23)20-11-10-13-6-2-1-3-7-13/h1-9H,10-12H2,(H,20,23). The Bertz CT molecular complexity index is 839. The van der Waals surface area contributed by atoms with Crippen LogP contribution in [0.3, 0.4) is 0 Å². The van der Waals surface area contributed by atoms with Crippen LogP contribution in [0.15, 0.2) is 64.2 Å². The molecule has 0 spiro atoms. The van der Waals surface area contributed by atoms with Crippen LogP contribution in [0.5, 0.6) is 0 Å². The number of hydrogen-bond donors (Lipinski definition) is 1. The number of hydrogen-bond acceptors (Lipinski definition) is 5. The Balaban J connectivity index is 1.46. The van der Waals surface area contributed by atoms with E-state index in [9.17, 15) is 9.18 Å². The average Bonchev–Trinajstić information content (AvgIpc) is 3.10. The zero-order chi connectivity index (χ0) is 17.5. The van der Waals surface area contributed by atoms with Crippen LogP contribution >= 0.6 is 11.8 Å². The van der Waals surface area contributed by atoms with E-state index in [1.807, 2.05) is 30.3 Å². The second-order valence-corrected chi connectivity index (χ2v) is 6.15. The lowest BCUT2D eigenvalue weighted by Crippen LogP contribution is -2.27. The van der Waals surface area contributed by atoms with Crippen molar-refractivity contribution in [1.82, 2.24) is 15.5 Å². The highest BCUT2D eigenvalue weighted by atomic mass is 32.2. The molecule has 25 heavy (non-hydrogen) atoms. The van der Waals surface area contributed by atoms with E-state index < -0.39 is 5.82 Å². The molecule has 0 unspecified atom stereocenters. The number of amides is 1. The number of carbonyl (C=O) groups excluding carboxylic acids is 1. The number of rotatable bonds is 7. The summed E-state index contributed by atoms with van der Waals surface area (Å²) in [5.41, 5.74) is 1.41. The number of halogens is 1. The van der Waals surface area contributed by atoms with Gasteiger partial charge < -0.3 is 9.73 Å². The fraction of sp³-hybridized carbons (Fsp3) is 0.167. The van der Waals surface area contributed by atoms with Gasteiger partial charge in [-0.1, -0.05) is 54.2 Å². The number of nitrogens with one attached hydrogen (secondary N) is 1. The molecular weight excluding hydrogens is 341 g/mol. The van der Waals surface area contributed by atoms with Gasteiger partial charge in [-0.25, -0.2) is 4.39 Å².